The maximum absolute atomic E-state index is 4.60. The maximum Gasteiger partial charge on any atom is 0.193 e. The second-order valence-corrected chi connectivity index (χ2v) is 8.75. The predicted molar refractivity (Wildman–Crippen MR) is 139 cm³/mol. The number of piperidine rings is 1. The van der Waals surface area contributed by atoms with E-state index in [-0.39, 0.29) is 24.0 Å². The van der Waals surface area contributed by atoms with Gasteiger partial charge >= 0.3 is 0 Å². The van der Waals surface area contributed by atoms with Crippen molar-refractivity contribution in [2.75, 3.05) is 66.5 Å². The highest BCUT2D eigenvalue weighted by molar-refractivity contribution is 14.0. The van der Waals surface area contributed by atoms with Crippen molar-refractivity contribution in [2.45, 2.75) is 38.5 Å². The summed E-state index contributed by atoms with van der Waals surface area (Å²) < 4.78 is 0. The molecule has 170 valence electrons. The molecular formula is C24H42IN5. The van der Waals surface area contributed by atoms with Gasteiger partial charge in [-0.2, -0.15) is 0 Å². The van der Waals surface area contributed by atoms with Gasteiger partial charge in [-0.25, -0.2) is 0 Å². The SMILES string of the molecule is CCC1CN(C(=NC)NCCCN2CCCN(C)CC2)CCC1c1ccccc1.I. The molecule has 1 aromatic carbocycles. The number of hydrogen-bond acceptors (Lipinski definition) is 3. The van der Waals surface area contributed by atoms with E-state index in [0.717, 1.165) is 25.6 Å². The van der Waals surface area contributed by atoms with Gasteiger partial charge in [-0.3, -0.25) is 4.99 Å². The molecule has 0 aliphatic carbocycles. The van der Waals surface area contributed by atoms with E-state index in [9.17, 15) is 0 Å². The quantitative estimate of drug-likeness (QED) is 0.265. The van der Waals surface area contributed by atoms with Crippen molar-refractivity contribution >= 4 is 29.9 Å². The molecule has 2 atom stereocenters. The lowest BCUT2D eigenvalue weighted by Crippen LogP contribution is -2.48. The third-order valence-corrected chi connectivity index (χ3v) is 6.74. The number of guanidine groups is 1. The molecule has 2 heterocycles. The summed E-state index contributed by atoms with van der Waals surface area (Å²) in [6, 6.07) is 11.1. The van der Waals surface area contributed by atoms with Crippen LogP contribution in [0.1, 0.15) is 44.1 Å². The minimum atomic E-state index is 0. The zero-order chi connectivity index (χ0) is 20.5. The van der Waals surface area contributed by atoms with Crippen LogP contribution in [-0.2, 0) is 0 Å². The van der Waals surface area contributed by atoms with Crippen molar-refractivity contribution < 1.29 is 0 Å². The Bertz CT molecular complexity index is 623. The molecule has 0 radical (unpaired) electrons. The third kappa shape index (κ3) is 7.38. The van der Waals surface area contributed by atoms with Crippen LogP contribution in [0.15, 0.2) is 35.3 Å². The second-order valence-electron chi connectivity index (χ2n) is 8.75. The zero-order valence-corrected chi connectivity index (χ0v) is 21.6. The summed E-state index contributed by atoms with van der Waals surface area (Å²) in [6.45, 7) is 11.6. The van der Waals surface area contributed by atoms with Gasteiger partial charge in [0.25, 0.3) is 0 Å². The average Bonchev–Trinajstić information content (AvgIpc) is 2.98. The van der Waals surface area contributed by atoms with Crippen molar-refractivity contribution in [1.82, 2.24) is 20.0 Å². The van der Waals surface area contributed by atoms with Crippen LogP contribution in [0.4, 0.5) is 0 Å². The second kappa shape index (κ2) is 13.5. The lowest BCUT2D eigenvalue weighted by atomic mass is 9.79. The highest BCUT2D eigenvalue weighted by Gasteiger charge is 2.30. The topological polar surface area (TPSA) is 34.1 Å². The van der Waals surface area contributed by atoms with E-state index in [1.807, 2.05) is 7.05 Å². The molecule has 0 aromatic heterocycles. The normalized spacial score (nSPS) is 24.2. The number of nitrogens with zero attached hydrogens (tertiary/aromatic N) is 4. The van der Waals surface area contributed by atoms with Gasteiger partial charge in [0.15, 0.2) is 5.96 Å². The Morgan fingerprint density at radius 2 is 1.90 bits per heavy atom. The van der Waals surface area contributed by atoms with Crippen LogP contribution >= 0.6 is 24.0 Å². The first kappa shape index (κ1) is 25.4. The Morgan fingerprint density at radius 1 is 1.10 bits per heavy atom. The van der Waals surface area contributed by atoms with Crippen LogP contribution in [-0.4, -0.2) is 87.1 Å². The Balaban J connectivity index is 0.00000320. The highest BCUT2D eigenvalue weighted by Crippen LogP contribution is 2.34. The van der Waals surface area contributed by atoms with Crippen LogP contribution < -0.4 is 5.32 Å². The lowest BCUT2D eigenvalue weighted by Gasteiger charge is -2.40. The molecule has 1 aromatic rings. The molecule has 0 amide bonds. The average molecular weight is 528 g/mol. The van der Waals surface area contributed by atoms with E-state index >= 15 is 0 Å². The van der Waals surface area contributed by atoms with Crippen LogP contribution in [0, 0.1) is 5.92 Å². The van der Waals surface area contributed by atoms with E-state index in [1.165, 1.54) is 64.0 Å². The number of rotatable bonds is 6. The van der Waals surface area contributed by atoms with E-state index in [1.54, 1.807) is 0 Å². The molecule has 0 saturated carbocycles. The number of benzene rings is 1. The molecule has 0 spiro atoms. The summed E-state index contributed by atoms with van der Waals surface area (Å²) in [5, 5.41) is 3.64. The van der Waals surface area contributed by atoms with Crippen LogP contribution in [0.2, 0.25) is 0 Å². The number of halogens is 1. The number of likely N-dealkylation sites (N-methyl/N-ethyl adjacent to an activating group) is 1. The molecule has 2 saturated heterocycles. The first-order valence-corrected chi connectivity index (χ1v) is 11.6. The van der Waals surface area contributed by atoms with Gasteiger partial charge in [-0.1, -0.05) is 43.7 Å². The van der Waals surface area contributed by atoms with Gasteiger partial charge in [0.2, 0.25) is 0 Å². The number of nitrogens with one attached hydrogen (secondary N) is 1. The molecule has 1 N–H and O–H groups in total. The minimum absolute atomic E-state index is 0. The summed E-state index contributed by atoms with van der Waals surface area (Å²) in [5.41, 5.74) is 1.50. The van der Waals surface area contributed by atoms with Gasteiger partial charge < -0.3 is 20.0 Å². The molecule has 0 bridgehead atoms. The molecule has 3 rings (SSSR count). The number of hydrogen-bond donors (Lipinski definition) is 1. The molecule has 2 unspecified atom stereocenters. The first-order chi connectivity index (χ1) is 14.2. The van der Waals surface area contributed by atoms with Crippen molar-refractivity contribution in [3.05, 3.63) is 35.9 Å². The van der Waals surface area contributed by atoms with E-state index in [4.69, 9.17) is 0 Å². The van der Waals surface area contributed by atoms with Gasteiger partial charge in [-0.15, -0.1) is 24.0 Å². The van der Waals surface area contributed by atoms with Crippen LogP contribution in [0.3, 0.4) is 0 Å². The fourth-order valence-corrected chi connectivity index (χ4v) is 4.94. The molecule has 6 heteroatoms. The first-order valence-electron chi connectivity index (χ1n) is 11.6. The minimum Gasteiger partial charge on any atom is -0.356 e. The molecule has 2 aliphatic rings. The summed E-state index contributed by atoms with van der Waals surface area (Å²) in [7, 11) is 4.16. The third-order valence-electron chi connectivity index (χ3n) is 6.74. The van der Waals surface area contributed by atoms with Crippen molar-refractivity contribution in [2.24, 2.45) is 10.9 Å². The van der Waals surface area contributed by atoms with E-state index < -0.39 is 0 Å². The van der Waals surface area contributed by atoms with Crippen molar-refractivity contribution in [3.8, 4) is 0 Å². The molecule has 30 heavy (non-hydrogen) atoms. The van der Waals surface area contributed by atoms with Crippen molar-refractivity contribution in [3.63, 3.8) is 0 Å². The van der Waals surface area contributed by atoms with Crippen molar-refractivity contribution in [1.29, 1.82) is 0 Å². The van der Waals surface area contributed by atoms with Crippen LogP contribution in [0.5, 0.6) is 0 Å². The maximum atomic E-state index is 4.60. The highest BCUT2D eigenvalue weighted by atomic mass is 127. The van der Waals surface area contributed by atoms with Crippen LogP contribution in [0.25, 0.3) is 0 Å². The predicted octanol–water partition coefficient (Wildman–Crippen LogP) is 3.72. The molecule has 2 fully saturated rings. The summed E-state index contributed by atoms with van der Waals surface area (Å²) in [4.78, 5) is 12.1. The molecular weight excluding hydrogens is 485 g/mol. The van der Waals surface area contributed by atoms with Gasteiger partial charge in [0.05, 0.1) is 0 Å². The Labute approximate surface area is 201 Å². The summed E-state index contributed by atoms with van der Waals surface area (Å²) >= 11 is 0. The van der Waals surface area contributed by atoms with E-state index in [2.05, 4.69) is 69.3 Å². The summed E-state index contributed by atoms with van der Waals surface area (Å²) in [5.74, 6) is 2.46. The Morgan fingerprint density at radius 3 is 2.63 bits per heavy atom. The molecule has 2 aliphatic heterocycles. The largest absolute Gasteiger partial charge is 0.356 e. The Hall–Kier alpha value is -0.860. The number of aliphatic imine (C=N–C) groups is 1. The fraction of sp³-hybridized carbons (Fsp3) is 0.708. The van der Waals surface area contributed by atoms with Gasteiger partial charge in [0, 0.05) is 39.8 Å². The van der Waals surface area contributed by atoms with Gasteiger partial charge in [-0.05, 0) is 63.3 Å². The Kier molecular flexibility index (Phi) is 11.5. The smallest absolute Gasteiger partial charge is 0.193 e. The zero-order valence-electron chi connectivity index (χ0n) is 19.2. The number of likely N-dealkylation sites (tertiary alicyclic amines) is 1. The lowest BCUT2D eigenvalue weighted by molar-refractivity contribution is 0.215. The summed E-state index contributed by atoms with van der Waals surface area (Å²) in [6.07, 6.45) is 4.90. The van der Waals surface area contributed by atoms with E-state index in [0.29, 0.717) is 11.8 Å². The molecule has 5 nitrogen and oxygen atoms in total. The monoisotopic (exact) mass is 527 g/mol. The van der Waals surface area contributed by atoms with Gasteiger partial charge in [0.1, 0.15) is 0 Å². The standard InChI is InChI=1S/C24H41N5.HI/c1-4-21-20-29(17-12-23(21)22-10-6-5-7-11-22)24(25-2)26-13-8-15-28-16-9-14-27(3)18-19-28;/h5-7,10-11,21,23H,4,8-9,12-20H2,1-3H3,(H,25,26);1H. The fourth-order valence-electron chi connectivity index (χ4n) is 4.94.